The van der Waals surface area contributed by atoms with Gasteiger partial charge in [0.1, 0.15) is 6.29 Å². The first-order valence-electron chi connectivity index (χ1n) is 6.23. The maximum atomic E-state index is 10.8. The lowest BCUT2D eigenvalue weighted by Crippen LogP contribution is -2.29. The first-order valence-corrected chi connectivity index (χ1v) is 6.23. The van der Waals surface area contributed by atoms with Crippen LogP contribution in [-0.4, -0.2) is 23.4 Å². The molecule has 1 fully saturated rings. The quantitative estimate of drug-likeness (QED) is 0.802. The fourth-order valence-electron chi connectivity index (χ4n) is 2.42. The summed E-state index contributed by atoms with van der Waals surface area (Å²) in [6, 6.07) is 7.66. The first-order chi connectivity index (χ1) is 8.69. The summed E-state index contributed by atoms with van der Waals surface area (Å²) in [5.74, 6) is -0.874. The van der Waals surface area contributed by atoms with Crippen molar-refractivity contribution in [1.29, 1.82) is 0 Å². The number of aldehydes is 1. The summed E-state index contributed by atoms with van der Waals surface area (Å²) in [7, 11) is 0. The molecule has 4 nitrogen and oxygen atoms in total. The zero-order chi connectivity index (χ0) is 13.0. The predicted molar refractivity (Wildman–Crippen MR) is 68.8 cm³/mol. The van der Waals surface area contributed by atoms with Crippen molar-refractivity contribution in [2.75, 3.05) is 5.32 Å². The maximum Gasteiger partial charge on any atom is 0.306 e. The molecular formula is C14H17NO3. The van der Waals surface area contributed by atoms with E-state index in [4.69, 9.17) is 5.11 Å². The predicted octanol–water partition coefficient (Wildman–Crippen LogP) is 2.55. The molecular weight excluding hydrogens is 230 g/mol. The van der Waals surface area contributed by atoms with E-state index >= 15 is 0 Å². The van der Waals surface area contributed by atoms with E-state index in [1.54, 1.807) is 6.07 Å². The maximum absolute atomic E-state index is 10.8. The van der Waals surface area contributed by atoms with Gasteiger partial charge in [-0.1, -0.05) is 12.1 Å². The van der Waals surface area contributed by atoms with Crippen LogP contribution < -0.4 is 5.32 Å². The summed E-state index contributed by atoms with van der Waals surface area (Å²) in [5, 5.41) is 12.3. The van der Waals surface area contributed by atoms with E-state index in [1.807, 2.05) is 18.2 Å². The van der Waals surface area contributed by atoms with Gasteiger partial charge in [0.2, 0.25) is 0 Å². The van der Waals surface area contributed by atoms with E-state index in [2.05, 4.69) is 5.32 Å². The zero-order valence-corrected chi connectivity index (χ0v) is 10.1. The average molecular weight is 247 g/mol. The van der Waals surface area contributed by atoms with Crippen molar-refractivity contribution < 1.29 is 14.7 Å². The minimum atomic E-state index is -0.684. The van der Waals surface area contributed by atoms with Crippen LogP contribution in [0.2, 0.25) is 0 Å². The largest absolute Gasteiger partial charge is 0.481 e. The molecule has 0 unspecified atom stereocenters. The Hall–Kier alpha value is -1.84. The van der Waals surface area contributed by atoms with E-state index in [0.29, 0.717) is 11.6 Å². The van der Waals surface area contributed by atoms with Gasteiger partial charge in [-0.05, 0) is 37.8 Å². The summed E-state index contributed by atoms with van der Waals surface area (Å²) in [4.78, 5) is 21.5. The lowest BCUT2D eigenvalue weighted by atomic mass is 9.86. The molecule has 1 saturated carbocycles. The summed E-state index contributed by atoms with van der Waals surface area (Å²) in [6.45, 7) is 0. The molecule has 0 atom stereocenters. The first kappa shape index (κ1) is 12.6. The van der Waals surface area contributed by atoms with Crippen LogP contribution >= 0.6 is 0 Å². The number of carboxylic acid groups (broad SMARTS) is 1. The van der Waals surface area contributed by atoms with Crippen LogP contribution in [0.15, 0.2) is 24.3 Å². The number of benzene rings is 1. The van der Waals surface area contributed by atoms with Crippen LogP contribution in [0.1, 0.15) is 36.0 Å². The van der Waals surface area contributed by atoms with Crippen LogP contribution in [0.5, 0.6) is 0 Å². The highest BCUT2D eigenvalue weighted by Gasteiger charge is 2.25. The Morgan fingerprint density at radius 1 is 1.28 bits per heavy atom. The van der Waals surface area contributed by atoms with Gasteiger partial charge in [0.15, 0.2) is 0 Å². The molecule has 1 aliphatic rings. The van der Waals surface area contributed by atoms with Gasteiger partial charge in [0.05, 0.1) is 5.92 Å². The molecule has 0 saturated heterocycles. The Morgan fingerprint density at radius 3 is 2.61 bits per heavy atom. The average Bonchev–Trinajstić information content (AvgIpc) is 2.39. The minimum absolute atomic E-state index is 0.190. The number of nitrogens with one attached hydrogen (secondary N) is 1. The zero-order valence-electron chi connectivity index (χ0n) is 10.1. The molecule has 0 aromatic heterocycles. The molecule has 1 aromatic rings. The van der Waals surface area contributed by atoms with Crippen LogP contribution in [0.25, 0.3) is 0 Å². The van der Waals surface area contributed by atoms with E-state index in [1.165, 1.54) is 0 Å². The van der Waals surface area contributed by atoms with Gasteiger partial charge < -0.3 is 10.4 Å². The Labute approximate surface area is 106 Å². The molecule has 0 amide bonds. The molecule has 0 spiro atoms. The number of rotatable bonds is 4. The summed E-state index contributed by atoms with van der Waals surface area (Å²) in [5.41, 5.74) is 1.58. The summed E-state index contributed by atoms with van der Waals surface area (Å²) >= 11 is 0. The van der Waals surface area contributed by atoms with Gasteiger partial charge in [0, 0.05) is 17.3 Å². The Balaban J connectivity index is 1.91. The smallest absolute Gasteiger partial charge is 0.306 e. The van der Waals surface area contributed by atoms with Crippen molar-refractivity contribution >= 4 is 17.9 Å². The number of carbonyl (C=O) groups is 2. The third-order valence-electron chi connectivity index (χ3n) is 3.47. The highest BCUT2D eigenvalue weighted by Crippen LogP contribution is 2.26. The van der Waals surface area contributed by atoms with Gasteiger partial charge in [-0.25, -0.2) is 0 Å². The fraction of sp³-hybridized carbons (Fsp3) is 0.429. The van der Waals surface area contributed by atoms with E-state index in [-0.39, 0.29) is 5.92 Å². The molecule has 1 aliphatic carbocycles. The minimum Gasteiger partial charge on any atom is -0.481 e. The van der Waals surface area contributed by atoms with E-state index in [9.17, 15) is 9.59 Å². The Morgan fingerprint density at radius 2 is 2.00 bits per heavy atom. The normalized spacial score (nSPS) is 23.3. The van der Waals surface area contributed by atoms with Gasteiger partial charge in [0.25, 0.3) is 0 Å². The van der Waals surface area contributed by atoms with Crippen molar-refractivity contribution in [3.8, 4) is 0 Å². The molecule has 2 N–H and O–H groups in total. The van der Waals surface area contributed by atoms with Gasteiger partial charge >= 0.3 is 5.97 Å². The molecule has 0 heterocycles. The van der Waals surface area contributed by atoms with E-state index < -0.39 is 5.97 Å². The Kier molecular flexibility index (Phi) is 3.97. The number of hydrogen-bond donors (Lipinski definition) is 2. The lowest BCUT2D eigenvalue weighted by molar-refractivity contribution is -0.142. The standard InChI is InChI=1S/C14H17NO3/c16-9-10-2-1-3-13(8-10)15-12-6-4-11(5-7-12)14(17)18/h1-3,8-9,11-12,15H,4-7H2,(H,17,18). The van der Waals surface area contributed by atoms with Crippen LogP contribution in [0, 0.1) is 5.92 Å². The molecule has 4 heteroatoms. The van der Waals surface area contributed by atoms with Crippen molar-refractivity contribution in [1.82, 2.24) is 0 Å². The van der Waals surface area contributed by atoms with E-state index in [0.717, 1.165) is 37.7 Å². The van der Waals surface area contributed by atoms with Crippen molar-refractivity contribution in [2.24, 2.45) is 5.92 Å². The number of carbonyl (C=O) groups excluding carboxylic acids is 1. The lowest BCUT2D eigenvalue weighted by Gasteiger charge is -2.27. The Bertz CT molecular complexity index is 436. The molecule has 0 aliphatic heterocycles. The molecule has 2 rings (SSSR count). The second-order valence-electron chi connectivity index (χ2n) is 4.77. The summed E-state index contributed by atoms with van der Waals surface area (Å²) < 4.78 is 0. The fourth-order valence-corrected chi connectivity index (χ4v) is 2.42. The topological polar surface area (TPSA) is 66.4 Å². The number of aliphatic carboxylic acids is 1. The molecule has 0 radical (unpaired) electrons. The van der Waals surface area contributed by atoms with Crippen LogP contribution in [0.4, 0.5) is 5.69 Å². The second kappa shape index (κ2) is 5.67. The monoisotopic (exact) mass is 247 g/mol. The number of carboxylic acids is 1. The SMILES string of the molecule is O=Cc1cccc(NC2CCC(C(=O)O)CC2)c1. The third-order valence-corrected chi connectivity index (χ3v) is 3.47. The van der Waals surface area contributed by atoms with Gasteiger partial charge in [-0.3, -0.25) is 9.59 Å². The van der Waals surface area contributed by atoms with Gasteiger partial charge in [-0.2, -0.15) is 0 Å². The second-order valence-corrected chi connectivity index (χ2v) is 4.77. The van der Waals surface area contributed by atoms with Crippen molar-refractivity contribution in [3.05, 3.63) is 29.8 Å². The highest BCUT2D eigenvalue weighted by atomic mass is 16.4. The number of hydrogen-bond acceptors (Lipinski definition) is 3. The van der Waals surface area contributed by atoms with Crippen molar-refractivity contribution in [3.63, 3.8) is 0 Å². The molecule has 18 heavy (non-hydrogen) atoms. The molecule has 96 valence electrons. The van der Waals surface area contributed by atoms with Crippen LogP contribution in [0.3, 0.4) is 0 Å². The van der Waals surface area contributed by atoms with Gasteiger partial charge in [-0.15, -0.1) is 0 Å². The van der Waals surface area contributed by atoms with Crippen LogP contribution in [-0.2, 0) is 4.79 Å². The molecule has 1 aromatic carbocycles. The molecule has 0 bridgehead atoms. The van der Waals surface area contributed by atoms with Crippen molar-refractivity contribution in [2.45, 2.75) is 31.7 Å². The third kappa shape index (κ3) is 3.09. The summed E-state index contributed by atoms with van der Waals surface area (Å²) in [6.07, 6.45) is 4.00. The highest BCUT2D eigenvalue weighted by molar-refractivity contribution is 5.76. The number of anilines is 1.